The van der Waals surface area contributed by atoms with Crippen LogP contribution in [-0.2, 0) is 6.42 Å². The number of pyridine rings is 1. The maximum atomic E-state index is 9.69. The zero-order valence-electron chi connectivity index (χ0n) is 21.1. The third-order valence-corrected chi connectivity index (χ3v) is 5.91. The van der Waals surface area contributed by atoms with Gasteiger partial charge in [-0.2, -0.15) is 5.26 Å². The number of aromatic amines is 2. The molecule has 0 radical (unpaired) electrons. The maximum absolute atomic E-state index is 9.69. The number of benzene rings is 2. The second kappa shape index (κ2) is 12.5. The number of ether oxygens (including phenoxy) is 1. The minimum absolute atomic E-state index is 0.104. The monoisotopic (exact) mass is 503 g/mol. The summed E-state index contributed by atoms with van der Waals surface area (Å²) in [4.78, 5) is 10.2. The van der Waals surface area contributed by atoms with Crippen molar-refractivity contribution >= 4 is 23.3 Å². The Bertz CT molecular complexity index is 1350. The van der Waals surface area contributed by atoms with E-state index in [1.807, 2.05) is 49.4 Å². The third kappa shape index (κ3) is 8.02. The highest BCUT2D eigenvalue weighted by Crippen LogP contribution is 2.22. The Morgan fingerprint density at radius 3 is 2.50 bits per heavy atom. The van der Waals surface area contributed by atoms with Crippen molar-refractivity contribution in [1.82, 2.24) is 20.3 Å². The standard InChI is InChI=1S/C20H25N3O2.C8H8N2S/c1-4-17(24)14-23-20(2,3)11-15-5-8-18(9-6-15)25-19-10-7-16(12-21)13-22-19;1-5-3-2-4-6-7(5)10-8(11)9-6/h5-10,13,17,23-24H,4,11,14H2,1-3H3;2-4H,1H3,(H2,9,10,11). The van der Waals surface area contributed by atoms with E-state index in [0.717, 1.165) is 23.9 Å². The summed E-state index contributed by atoms with van der Waals surface area (Å²) in [6.45, 7) is 8.87. The largest absolute Gasteiger partial charge is 0.439 e. The SMILES string of the molecule is CCC(O)CNC(C)(C)Cc1ccc(Oc2ccc(C#N)cn2)cc1.Cc1cccc2[nH]c(=S)[nH]c12. The molecule has 0 saturated heterocycles. The number of rotatable bonds is 8. The number of nitrogens with zero attached hydrogens (tertiary/aromatic N) is 2. The summed E-state index contributed by atoms with van der Waals surface area (Å²) >= 11 is 4.96. The number of nitriles is 1. The van der Waals surface area contributed by atoms with Crippen molar-refractivity contribution < 1.29 is 9.84 Å². The molecule has 1 atom stereocenters. The first-order valence-corrected chi connectivity index (χ1v) is 12.3. The lowest BCUT2D eigenvalue weighted by Gasteiger charge is -2.28. The Hall–Kier alpha value is -3.51. The Kier molecular flexibility index (Phi) is 9.37. The van der Waals surface area contributed by atoms with Gasteiger partial charge in [0.25, 0.3) is 0 Å². The lowest BCUT2D eigenvalue weighted by molar-refractivity contribution is 0.154. The van der Waals surface area contributed by atoms with Gasteiger partial charge in [0.05, 0.1) is 22.7 Å². The molecule has 2 heterocycles. The molecule has 0 aliphatic rings. The topological polar surface area (TPSA) is 110 Å². The van der Waals surface area contributed by atoms with Gasteiger partial charge in [-0.1, -0.05) is 31.2 Å². The molecule has 4 N–H and O–H groups in total. The lowest BCUT2D eigenvalue weighted by atomic mass is 9.94. The Balaban J connectivity index is 0.000000270. The van der Waals surface area contributed by atoms with Crippen molar-refractivity contribution in [2.24, 2.45) is 0 Å². The summed E-state index contributed by atoms with van der Waals surface area (Å²) in [6.07, 6.45) is 2.77. The molecule has 0 aliphatic heterocycles. The minimum atomic E-state index is -0.310. The van der Waals surface area contributed by atoms with Gasteiger partial charge in [0.2, 0.25) is 5.88 Å². The summed E-state index contributed by atoms with van der Waals surface area (Å²) < 4.78 is 6.38. The molecule has 0 spiro atoms. The van der Waals surface area contributed by atoms with Gasteiger partial charge in [0.15, 0.2) is 4.77 Å². The predicted octanol–water partition coefficient (Wildman–Crippen LogP) is 5.96. The molecule has 0 fully saturated rings. The second-order valence-electron chi connectivity index (χ2n) is 9.32. The predicted molar refractivity (Wildman–Crippen MR) is 146 cm³/mol. The second-order valence-corrected chi connectivity index (χ2v) is 9.73. The first kappa shape index (κ1) is 27.1. The Morgan fingerprint density at radius 1 is 1.14 bits per heavy atom. The molecule has 8 heteroatoms. The van der Waals surface area contributed by atoms with Gasteiger partial charge in [0, 0.05) is 24.3 Å². The highest BCUT2D eigenvalue weighted by atomic mass is 32.1. The number of β-amino-alcohol motifs (C(OH)–C–C–N with tert-alkyl or cyclic N) is 1. The molecular weight excluding hydrogens is 470 g/mol. The smallest absolute Gasteiger partial charge is 0.219 e. The molecule has 1 unspecified atom stereocenters. The average molecular weight is 504 g/mol. The summed E-state index contributed by atoms with van der Waals surface area (Å²) in [5.74, 6) is 1.16. The van der Waals surface area contributed by atoms with Crippen LogP contribution in [0.25, 0.3) is 11.0 Å². The van der Waals surface area contributed by atoms with Gasteiger partial charge in [-0.05, 0) is 81.2 Å². The summed E-state index contributed by atoms with van der Waals surface area (Å²) in [5, 5.41) is 21.9. The highest BCUT2D eigenvalue weighted by Gasteiger charge is 2.18. The van der Waals surface area contributed by atoms with Crippen LogP contribution < -0.4 is 10.1 Å². The van der Waals surface area contributed by atoms with Crippen LogP contribution in [0.4, 0.5) is 0 Å². The van der Waals surface area contributed by atoms with Crippen LogP contribution in [0.15, 0.2) is 60.8 Å². The molecule has 4 rings (SSSR count). The van der Waals surface area contributed by atoms with Gasteiger partial charge in [-0.15, -0.1) is 0 Å². The van der Waals surface area contributed by atoms with Crippen LogP contribution >= 0.6 is 12.2 Å². The van der Waals surface area contributed by atoms with Crippen molar-refractivity contribution in [2.75, 3.05) is 6.54 Å². The molecule has 0 bridgehead atoms. The quantitative estimate of drug-likeness (QED) is 0.221. The minimum Gasteiger partial charge on any atom is -0.439 e. The van der Waals surface area contributed by atoms with E-state index in [1.54, 1.807) is 12.1 Å². The lowest BCUT2D eigenvalue weighted by Crippen LogP contribution is -2.44. The zero-order valence-corrected chi connectivity index (χ0v) is 21.9. The van der Waals surface area contributed by atoms with E-state index < -0.39 is 0 Å². The highest BCUT2D eigenvalue weighted by molar-refractivity contribution is 7.71. The van der Waals surface area contributed by atoms with Crippen LogP contribution in [0.3, 0.4) is 0 Å². The molecule has 2 aromatic heterocycles. The fourth-order valence-electron chi connectivity index (χ4n) is 3.62. The van der Waals surface area contributed by atoms with E-state index in [2.05, 4.69) is 47.1 Å². The van der Waals surface area contributed by atoms with E-state index in [9.17, 15) is 5.11 Å². The third-order valence-electron chi connectivity index (χ3n) is 5.70. The van der Waals surface area contributed by atoms with E-state index in [-0.39, 0.29) is 11.6 Å². The number of para-hydroxylation sites is 1. The van der Waals surface area contributed by atoms with Gasteiger partial charge in [-0.25, -0.2) is 4.98 Å². The number of aryl methyl sites for hydroxylation is 1. The molecular formula is C28H33N5O2S. The number of aliphatic hydroxyl groups is 1. The van der Waals surface area contributed by atoms with Crippen LogP contribution in [0.2, 0.25) is 0 Å². The number of H-pyrrole nitrogens is 2. The number of hydrogen-bond acceptors (Lipinski definition) is 6. The first-order valence-electron chi connectivity index (χ1n) is 11.9. The number of hydrogen-bond donors (Lipinski definition) is 4. The van der Waals surface area contributed by atoms with E-state index in [0.29, 0.717) is 28.5 Å². The Morgan fingerprint density at radius 2 is 1.89 bits per heavy atom. The van der Waals surface area contributed by atoms with Crippen LogP contribution in [0, 0.1) is 23.0 Å². The molecule has 2 aromatic carbocycles. The molecule has 7 nitrogen and oxygen atoms in total. The number of aromatic nitrogens is 3. The number of imidazole rings is 1. The Labute approximate surface area is 217 Å². The zero-order chi connectivity index (χ0) is 26.1. The van der Waals surface area contributed by atoms with Crippen LogP contribution in [0.1, 0.15) is 43.9 Å². The number of aliphatic hydroxyl groups excluding tert-OH is 1. The maximum Gasteiger partial charge on any atom is 0.219 e. The van der Waals surface area contributed by atoms with Crippen molar-refractivity contribution in [3.63, 3.8) is 0 Å². The molecule has 0 saturated carbocycles. The van der Waals surface area contributed by atoms with Gasteiger partial charge >= 0.3 is 0 Å². The van der Waals surface area contributed by atoms with Gasteiger partial charge in [0.1, 0.15) is 11.8 Å². The van der Waals surface area contributed by atoms with E-state index in [4.69, 9.17) is 22.2 Å². The molecule has 0 aliphatic carbocycles. The molecule has 36 heavy (non-hydrogen) atoms. The normalized spacial score (nSPS) is 11.9. The first-order chi connectivity index (χ1) is 17.2. The van der Waals surface area contributed by atoms with Gasteiger partial charge in [-0.3, -0.25) is 0 Å². The van der Waals surface area contributed by atoms with Crippen molar-refractivity contribution in [2.45, 2.75) is 52.2 Å². The summed E-state index contributed by atoms with van der Waals surface area (Å²) in [7, 11) is 0. The molecule has 4 aromatic rings. The fraction of sp³-hybridized carbons (Fsp3) is 0.321. The van der Waals surface area contributed by atoms with Crippen molar-refractivity contribution in [3.05, 3.63) is 82.3 Å². The molecule has 188 valence electrons. The van der Waals surface area contributed by atoms with E-state index >= 15 is 0 Å². The van der Waals surface area contributed by atoms with Crippen molar-refractivity contribution in [1.29, 1.82) is 5.26 Å². The number of fused-ring (bicyclic) bond motifs is 1. The van der Waals surface area contributed by atoms with Gasteiger partial charge < -0.3 is 25.1 Å². The summed E-state index contributed by atoms with van der Waals surface area (Å²) in [6, 6.07) is 19.3. The van der Waals surface area contributed by atoms with Crippen molar-refractivity contribution in [3.8, 4) is 17.7 Å². The average Bonchev–Trinajstić information content (AvgIpc) is 3.26. The molecule has 0 amide bonds. The number of nitrogens with one attached hydrogen (secondary N) is 3. The fourth-order valence-corrected chi connectivity index (χ4v) is 3.83. The van der Waals surface area contributed by atoms with Crippen LogP contribution in [0.5, 0.6) is 11.6 Å². The van der Waals surface area contributed by atoms with E-state index in [1.165, 1.54) is 17.3 Å². The van der Waals surface area contributed by atoms with Crippen LogP contribution in [-0.4, -0.2) is 38.2 Å². The summed E-state index contributed by atoms with van der Waals surface area (Å²) in [5.41, 5.74) is 4.99.